The molecule has 1 heterocycles. The van der Waals surface area contributed by atoms with Gasteiger partial charge >= 0.3 is 0 Å². The molecule has 7 heteroatoms. The molecule has 23 heavy (non-hydrogen) atoms. The second-order valence-corrected chi connectivity index (χ2v) is 7.65. The Morgan fingerprint density at radius 1 is 1.09 bits per heavy atom. The smallest absolute Gasteiger partial charge is 0.208 e. The van der Waals surface area contributed by atoms with Gasteiger partial charge in [-0.15, -0.1) is 0 Å². The van der Waals surface area contributed by atoms with Gasteiger partial charge in [0.1, 0.15) is 15.9 Å². The van der Waals surface area contributed by atoms with Crippen LogP contribution in [0.4, 0.5) is 0 Å². The van der Waals surface area contributed by atoms with Crippen molar-refractivity contribution in [3.8, 4) is 0 Å². The van der Waals surface area contributed by atoms with Gasteiger partial charge in [-0.25, -0.2) is 13.1 Å². The lowest BCUT2D eigenvalue weighted by molar-refractivity contribution is 0.547. The molecule has 0 unspecified atom stereocenters. The number of nitrogens with one attached hydrogen (secondary N) is 1. The van der Waals surface area contributed by atoms with E-state index < -0.39 is 10.0 Å². The second kappa shape index (κ2) is 6.74. The molecule has 0 aliphatic heterocycles. The average molecular weight is 347 g/mol. The van der Waals surface area contributed by atoms with Gasteiger partial charge in [0.05, 0.1) is 11.7 Å². The van der Waals surface area contributed by atoms with E-state index in [1.165, 1.54) is 5.56 Å². The van der Waals surface area contributed by atoms with Crippen molar-refractivity contribution in [2.45, 2.75) is 30.7 Å². The predicted molar refractivity (Wildman–Crippen MR) is 92.0 cm³/mol. The van der Waals surface area contributed by atoms with E-state index >= 15 is 0 Å². The number of aromatic nitrogens is 2. The molecule has 1 atom stereocenters. The van der Waals surface area contributed by atoms with Crippen molar-refractivity contribution >= 4 is 32.8 Å². The van der Waals surface area contributed by atoms with Gasteiger partial charge in [0.25, 0.3) is 0 Å². The van der Waals surface area contributed by atoms with E-state index in [0.717, 1.165) is 24.6 Å². The van der Waals surface area contributed by atoms with Gasteiger partial charge in [-0.2, -0.15) is 8.75 Å². The first-order valence-corrected chi connectivity index (χ1v) is 9.55. The third-order valence-corrected chi connectivity index (χ3v) is 5.77. The Labute approximate surface area is 139 Å². The van der Waals surface area contributed by atoms with Crippen LogP contribution in [0.25, 0.3) is 11.0 Å². The van der Waals surface area contributed by atoms with Crippen LogP contribution in [0.1, 0.15) is 18.9 Å². The van der Waals surface area contributed by atoms with Crippen LogP contribution in [0.3, 0.4) is 0 Å². The van der Waals surface area contributed by atoms with E-state index in [-0.39, 0.29) is 10.9 Å². The molecule has 0 aliphatic rings. The van der Waals surface area contributed by atoms with E-state index in [1.807, 2.05) is 37.3 Å². The molecule has 0 fully saturated rings. The fourth-order valence-corrected chi connectivity index (χ4v) is 4.46. The minimum Gasteiger partial charge on any atom is -0.208 e. The number of nitrogens with zero attached hydrogens (tertiary/aromatic N) is 2. The van der Waals surface area contributed by atoms with E-state index in [2.05, 4.69) is 13.5 Å². The van der Waals surface area contributed by atoms with Crippen LogP contribution in [-0.2, 0) is 16.4 Å². The Morgan fingerprint density at radius 2 is 1.87 bits per heavy atom. The molecule has 0 amide bonds. The molecule has 0 saturated carbocycles. The topological polar surface area (TPSA) is 72.0 Å². The molecule has 3 aromatic rings. The van der Waals surface area contributed by atoms with E-state index in [4.69, 9.17) is 0 Å². The average Bonchev–Trinajstić information content (AvgIpc) is 3.02. The maximum atomic E-state index is 12.6. The summed E-state index contributed by atoms with van der Waals surface area (Å²) >= 11 is 1.02. The van der Waals surface area contributed by atoms with Crippen molar-refractivity contribution in [2.24, 2.45) is 0 Å². The molecule has 0 bridgehead atoms. The summed E-state index contributed by atoms with van der Waals surface area (Å²) < 4.78 is 36.1. The van der Waals surface area contributed by atoms with E-state index in [1.54, 1.807) is 18.2 Å². The number of fused-ring (bicyclic) bond motifs is 1. The highest BCUT2D eigenvalue weighted by Gasteiger charge is 2.21. The Kier molecular flexibility index (Phi) is 4.70. The third-order valence-electron chi connectivity index (χ3n) is 3.60. The SMILES string of the molecule is C[C@@H](CCc1ccccc1)NS(=O)(=O)c1cccc2nsnc12. The molecule has 1 N–H and O–H groups in total. The van der Waals surface area contributed by atoms with Gasteiger partial charge in [0, 0.05) is 6.04 Å². The van der Waals surface area contributed by atoms with Crippen molar-refractivity contribution in [3.63, 3.8) is 0 Å². The Bertz CT molecular complexity index is 892. The molecule has 0 radical (unpaired) electrons. The molecule has 0 spiro atoms. The summed E-state index contributed by atoms with van der Waals surface area (Å²) in [4.78, 5) is 0.190. The molecular weight excluding hydrogens is 330 g/mol. The van der Waals surface area contributed by atoms with Crippen LogP contribution in [-0.4, -0.2) is 23.2 Å². The summed E-state index contributed by atoms with van der Waals surface area (Å²) in [6, 6.07) is 14.9. The lowest BCUT2D eigenvalue weighted by Crippen LogP contribution is -2.33. The van der Waals surface area contributed by atoms with Gasteiger partial charge in [0.2, 0.25) is 10.0 Å². The lowest BCUT2D eigenvalue weighted by Gasteiger charge is -2.14. The molecular formula is C16H17N3O2S2. The normalized spacial score (nSPS) is 13.3. The number of hydrogen-bond acceptors (Lipinski definition) is 5. The van der Waals surface area contributed by atoms with Crippen LogP contribution < -0.4 is 4.72 Å². The molecule has 3 rings (SSSR count). The Balaban J connectivity index is 1.72. The van der Waals surface area contributed by atoms with Crippen molar-refractivity contribution < 1.29 is 8.42 Å². The second-order valence-electron chi connectivity index (χ2n) is 5.43. The summed E-state index contributed by atoms with van der Waals surface area (Å²) in [5.74, 6) is 0. The number of hydrogen-bond donors (Lipinski definition) is 1. The van der Waals surface area contributed by atoms with Crippen molar-refractivity contribution in [3.05, 3.63) is 54.1 Å². The first kappa shape index (κ1) is 16.0. The fourth-order valence-electron chi connectivity index (χ4n) is 2.41. The van der Waals surface area contributed by atoms with Crippen LogP contribution in [0.15, 0.2) is 53.4 Å². The quantitative estimate of drug-likeness (QED) is 0.744. The first-order valence-electron chi connectivity index (χ1n) is 7.34. The molecule has 2 aromatic carbocycles. The highest BCUT2D eigenvalue weighted by Crippen LogP contribution is 2.21. The monoisotopic (exact) mass is 347 g/mol. The first-order chi connectivity index (χ1) is 11.1. The Hall–Kier alpha value is -1.83. The summed E-state index contributed by atoms with van der Waals surface area (Å²) in [5, 5.41) is 0. The minimum absolute atomic E-state index is 0.165. The zero-order chi connectivity index (χ0) is 16.3. The van der Waals surface area contributed by atoms with E-state index in [0.29, 0.717) is 11.0 Å². The highest BCUT2D eigenvalue weighted by atomic mass is 32.2. The lowest BCUT2D eigenvalue weighted by atomic mass is 10.1. The zero-order valence-electron chi connectivity index (χ0n) is 12.6. The van der Waals surface area contributed by atoms with Gasteiger partial charge in [0.15, 0.2) is 0 Å². The van der Waals surface area contributed by atoms with Gasteiger partial charge in [-0.1, -0.05) is 36.4 Å². The molecule has 1 aromatic heterocycles. The van der Waals surface area contributed by atoms with Gasteiger partial charge in [-0.3, -0.25) is 0 Å². The fraction of sp³-hybridized carbons (Fsp3) is 0.250. The van der Waals surface area contributed by atoms with Crippen LogP contribution in [0.2, 0.25) is 0 Å². The van der Waals surface area contributed by atoms with Crippen molar-refractivity contribution in [1.82, 2.24) is 13.5 Å². The maximum absolute atomic E-state index is 12.6. The zero-order valence-corrected chi connectivity index (χ0v) is 14.3. The number of aryl methyl sites for hydroxylation is 1. The van der Waals surface area contributed by atoms with Gasteiger partial charge in [-0.05, 0) is 37.5 Å². The van der Waals surface area contributed by atoms with Crippen LogP contribution in [0, 0.1) is 0 Å². The van der Waals surface area contributed by atoms with Crippen LogP contribution >= 0.6 is 11.7 Å². The summed E-state index contributed by atoms with van der Waals surface area (Å²) in [6.45, 7) is 1.87. The van der Waals surface area contributed by atoms with E-state index in [9.17, 15) is 8.42 Å². The van der Waals surface area contributed by atoms with Crippen LogP contribution in [0.5, 0.6) is 0 Å². The molecule has 120 valence electrons. The summed E-state index contributed by atoms with van der Waals surface area (Å²) in [7, 11) is -3.61. The third kappa shape index (κ3) is 3.74. The molecule has 0 saturated heterocycles. The standard InChI is InChI=1S/C16H17N3O2S2/c1-12(10-11-13-6-3-2-4-7-13)19-23(20,21)15-9-5-8-14-16(15)18-22-17-14/h2-9,12,19H,10-11H2,1H3/t12-/m0/s1. The molecule has 0 aliphatic carbocycles. The molecule has 5 nitrogen and oxygen atoms in total. The maximum Gasteiger partial charge on any atom is 0.243 e. The van der Waals surface area contributed by atoms with Crippen molar-refractivity contribution in [2.75, 3.05) is 0 Å². The largest absolute Gasteiger partial charge is 0.243 e. The minimum atomic E-state index is -3.61. The number of sulfonamides is 1. The summed E-state index contributed by atoms with van der Waals surface area (Å²) in [5.41, 5.74) is 2.24. The predicted octanol–water partition coefficient (Wildman–Crippen LogP) is 2.99. The highest BCUT2D eigenvalue weighted by molar-refractivity contribution is 7.89. The number of rotatable bonds is 6. The van der Waals surface area contributed by atoms with Gasteiger partial charge < -0.3 is 0 Å². The summed E-state index contributed by atoms with van der Waals surface area (Å²) in [6.07, 6.45) is 1.56. The van der Waals surface area contributed by atoms with Crippen molar-refractivity contribution in [1.29, 1.82) is 0 Å². The Morgan fingerprint density at radius 3 is 2.65 bits per heavy atom. The number of benzene rings is 2.